The molecule has 1 unspecified atom stereocenters. The van der Waals surface area contributed by atoms with Gasteiger partial charge >= 0.3 is 0 Å². The molecule has 1 aliphatic heterocycles. The van der Waals surface area contributed by atoms with Gasteiger partial charge in [-0.25, -0.2) is 0 Å². The first-order valence-corrected chi connectivity index (χ1v) is 7.93. The zero-order valence-corrected chi connectivity index (χ0v) is 12.7. The van der Waals surface area contributed by atoms with E-state index in [2.05, 4.69) is 5.32 Å². The standard InChI is InChI=1S/C15H18N2O3S/c1-10-7-12-13(21-10)4-5-17(15(12)19)9-14(18)16-8-11-3-2-6-20-11/h4-5,7,11H,2-3,6,8-9H2,1H3,(H,16,18). The summed E-state index contributed by atoms with van der Waals surface area (Å²) in [7, 11) is 0. The molecule has 2 aromatic heterocycles. The molecule has 112 valence electrons. The van der Waals surface area contributed by atoms with E-state index in [1.807, 2.05) is 19.1 Å². The Morgan fingerprint density at radius 3 is 3.19 bits per heavy atom. The van der Waals surface area contributed by atoms with Crippen molar-refractivity contribution in [3.05, 3.63) is 33.6 Å². The highest BCUT2D eigenvalue weighted by Gasteiger charge is 2.16. The molecule has 3 rings (SSSR count). The third kappa shape index (κ3) is 3.16. The van der Waals surface area contributed by atoms with Crippen LogP contribution in [0.4, 0.5) is 0 Å². The third-order valence-corrected chi connectivity index (χ3v) is 4.66. The van der Waals surface area contributed by atoms with Crippen LogP contribution in [0.25, 0.3) is 10.1 Å². The topological polar surface area (TPSA) is 60.3 Å². The van der Waals surface area contributed by atoms with Crippen molar-refractivity contribution < 1.29 is 9.53 Å². The van der Waals surface area contributed by atoms with E-state index >= 15 is 0 Å². The highest BCUT2D eigenvalue weighted by atomic mass is 32.1. The number of rotatable bonds is 4. The third-order valence-electron chi connectivity index (χ3n) is 3.65. The number of hydrogen-bond donors (Lipinski definition) is 1. The molecule has 0 aliphatic carbocycles. The van der Waals surface area contributed by atoms with E-state index in [9.17, 15) is 9.59 Å². The summed E-state index contributed by atoms with van der Waals surface area (Å²) in [6.07, 6.45) is 3.84. The molecule has 0 radical (unpaired) electrons. The summed E-state index contributed by atoms with van der Waals surface area (Å²) in [4.78, 5) is 25.3. The summed E-state index contributed by atoms with van der Waals surface area (Å²) in [5.41, 5.74) is -0.107. The van der Waals surface area contributed by atoms with E-state index in [0.29, 0.717) is 11.9 Å². The lowest BCUT2D eigenvalue weighted by Gasteiger charge is -2.11. The van der Waals surface area contributed by atoms with Gasteiger partial charge in [0.05, 0.1) is 11.5 Å². The molecule has 1 N–H and O–H groups in total. The van der Waals surface area contributed by atoms with Crippen LogP contribution >= 0.6 is 11.3 Å². The molecule has 1 saturated heterocycles. The van der Waals surface area contributed by atoms with Gasteiger partial charge in [-0.1, -0.05) is 0 Å². The fourth-order valence-electron chi connectivity index (χ4n) is 2.57. The van der Waals surface area contributed by atoms with Crippen LogP contribution in [0.3, 0.4) is 0 Å². The first-order chi connectivity index (χ1) is 10.1. The lowest BCUT2D eigenvalue weighted by molar-refractivity contribution is -0.122. The van der Waals surface area contributed by atoms with Gasteiger partial charge in [0.15, 0.2) is 0 Å². The van der Waals surface area contributed by atoms with E-state index in [-0.39, 0.29) is 24.1 Å². The Kier molecular flexibility index (Phi) is 4.07. The molecule has 0 aromatic carbocycles. The molecule has 0 saturated carbocycles. The van der Waals surface area contributed by atoms with Crippen LogP contribution in [0.15, 0.2) is 23.1 Å². The number of carbonyl (C=O) groups excluding carboxylic acids is 1. The Labute approximate surface area is 126 Å². The van der Waals surface area contributed by atoms with Gasteiger partial charge in [0.25, 0.3) is 5.56 Å². The number of nitrogens with one attached hydrogen (secondary N) is 1. The summed E-state index contributed by atoms with van der Waals surface area (Å²) < 4.78 is 7.88. The highest BCUT2D eigenvalue weighted by molar-refractivity contribution is 7.18. The average molecular weight is 306 g/mol. The Hall–Kier alpha value is -1.66. The molecule has 1 aliphatic rings. The molecule has 1 fully saturated rings. The van der Waals surface area contributed by atoms with Crippen LogP contribution < -0.4 is 10.9 Å². The molecule has 5 nitrogen and oxygen atoms in total. The minimum absolute atomic E-state index is 0.0520. The smallest absolute Gasteiger partial charge is 0.259 e. The molecular formula is C15H18N2O3S. The predicted octanol–water partition coefficient (Wildman–Crippen LogP) is 1.67. The Morgan fingerprint density at radius 2 is 2.43 bits per heavy atom. The van der Waals surface area contributed by atoms with Crippen LogP contribution in [0.1, 0.15) is 17.7 Å². The lowest BCUT2D eigenvalue weighted by atomic mass is 10.2. The maximum Gasteiger partial charge on any atom is 0.259 e. The van der Waals surface area contributed by atoms with Crippen LogP contribution in [0.2, 0.25) is 0 Å². The van der Waals surface area contributed by atoms with Crippen molar-refractivity contribution in [3.8, 4) is 0 Å². The molecule has 3 heterocycles. The average Bonchev–Trinajstić information content (AvgIpc) is 3.09. The maximum atomic E-state index is 12.3. The second-order valence-electron chi connectivity index (χ2n) is 5.32. The highest BCUT2D eigenvalue weighted by Crippen LogP contribution is 2.21. The normalized spacial score (nSPS) is 18.2. The monoisotopic (exact) mass is 306 g/mol. The van der Waals surface area contributed by atoms with E-state index < -0.39 is 0 Å². The maximum absolute atomic E-state index is 12.3. The number of thiophene rings is 1. The minimum Gasteiger partial charge on any atom is -0.376 e. The summed E-state index contributed by atoms with van der Waals surface area (Å²) in [6.45, 7) is 3.32. The molecular weight excluding hydrogens is 288 g/mol. The predicted molar refractivity (Wildman–Crippen MR) is 82.8 cm³/mol. The fourth-order valence-corrected chi connectivity index (χ4v) is 3.48. The Bertz CT molecular complexity index is 713. The minimum atomic E-state index is -0.154. The summed E-state index contributed by atoms with van der Waals surface area (Å²) >= 11 is 1.59. The molecule has 0 spiro atoms. The first kappa shape index (κ1) is 14.3. The number of aryl methyl sites for hydroxylation is 1. The van der Waals surface area contributed by atoms with E-state index in [1.54, 1.807) is 17.5 Å². The molecule has 0 bridgehead atoms. The second-order valence-corrected chi connectivity index (χ2v) is 6.61. The van der Waals surface area contributed by atoms with Crippen LogP contribution in [-0.4, -0.2) is 29.7 Å². The van der Waals surface area contributed by atoms with Gasteiger partial charge in [0.1, 0.15) is 6.54 Å². The van der Waals surface area contributed by atoms with Gasteiger partial charge in [0.2, 0.25) is 5.91 Å². The van der Waals surface area contributed by atoms with E-state index in [4.69, 9.17) is 4.74 Å². The number of amides is 1. The summed E-state index contributed by atoms with van der Waals surface area (Å²) in [6, 6.07) is 3.77. The second kappa shape index (κ2) is 5.99. The van der Waals surface area contributed by atoms with E-state index in [0.717, 1.165) is 29.0 Å². The quantitative estimate of drug-likeness (QED) is 0.934. The van der Waals surface area contributed by atoms with Gasteiger partial charge in [-0.15, -0.1) is 11.3 Å². The van der Waals surface area contributed by atoms with Gasteiger partial charge in [0, 0.05) is 28.9 Å². The van der Waals surface area contributed by atoms with Crippen LogP contribution in [-0.2, 0) is 16.1 Å². The molecule has 6 heteroatoms. The Morgan fingerprint density at radius 1 is 1.57 bits per heavy atom. The Balaban J connectivity index is 1.67. The number of aromatic nitrogens is 1. The van der Waals surface area contributed by atoms with Crippen LogP contribution in [0, 0.1) is 6.92 Å². The van der Waals surface area contributed by atoms with Crippen molar-refractivity contribution >= 4 is 27.3 Å². The van der Waals surface area contributed by atoms with Crippen molar-refractivity contribution in [1.29, 1.82) is 0 Å². The zero-order chi connectivity index (χ0) is 14.8. The number of fused-ring (bicyclic) bond motifs is 1. The fraction of sp³-hybridized carbons (Fsp3) is 0.467. The number of hydrogen-bond acceptors (Lipinski definition) is 4. The number of pyridine rings is 1. The van der Waals surface area contributed by atoms with Gasteiger partial charge in [-0.3, -0.25) is 9.59 Å². The van der Waals surface area contributed by atoms with Gasteiger partial charge in [-0.05, 0) is 31.9 Å². The van der Waals surface area contributed by atoms with Crippen molar-refractivity contribution in [2.75, 3.05) is 13.2 Å². The molecule has 1 atom stereocenters. The largest absolute Gasteiger partial charge is 0.376 e. The molecule has 21 heavy (non-hydrogen) atoms. The zero-order valence-electron chi connectivity index (χ0n) is 11.9. The number of ether oxygens (including phenoxy) is 1. The number of nitrogens with zero attached hydrogens (tertiary/aromatic N) is 1. The van der Waals surface area contributed by atoms with Gasteiger partial charge in [-0.2, -0.15) is 0 Å². The molecule has 1 amide bonds. The molecule has 2 aromatic rings. The number of carbonyl (C=O) groups is 1. The van der Waals surface area contributed by atoms with Crippen molar-refractivity contribution in [2.45, 2.75) is 32.4 Å². The van der Waals surface area contributed by atoms with E-state index in [1.165, 1.54) is 4.57 Å². The lowest BCUT2D eigenvalue weighted by Crippen LogP contribution is -2.36. The van der Waals surface area contributed by atoms with Gasteiger partial charge < -0.3 is 14.6 Å². The van der Waals surface area contributed by atoms with Crippen molar-refractivity contribution in [3.63, 3.8) is 0 Å². The summed E-state index contributed by atoms with van der Waals surface area (Å²) in [5.74, 6) is -0.154. The first-order valence-electron chi connectivity index (χ1n) is 7.11. The van der Waals surface area contributed by atoms with Crippen molar-refractivity contribution in [2.24, 2.45) is 0 Å². The van der Waals surface area contributed by atoms with Crippen LogP contribution in [0.5, 0.6) is 0 Å². The SMILES string of the molecule is Cc1cc2c(=O)n(CC(=O)NCC3CCCO3)ccc2s1. The van der Waals surface area contributed by atoms with Crippen molar-refractivity contribution in [1.82, 2.24) is 9.88 Å². The summed E-state index contributed by atoms with van der Waals surface area (Å²) in [5, 5.41) is 3.52.